The summed E-state index contributed by atoms with van der Waals surface area (Å²) in [5.74, 6) is -4.46. The Kier molecular flexibility index (Phi) is 7.22. The summed E-state index contributed by atoms with van der Waals surface area (Å²) >= 11 is 0. The van der Waals surface area contributed by atoms with Gasteiger partial charge in [-0.1, -0.05) is 18.1 Å². The van der Waals surface area contributed by atoms with Crippen molar-refractivity contribution in [2.75, 3.05) is 18.0 Å². The van der Waals surface area contributed by atoms with E-state index in [4.69, 9.17) is 5.73 Å². The lowest BCUT2D eigenvalue weighted by atomic mass is 10.1. The van der Waals surface area contributed by atoms with E-state index in [1.807, 2.05) is 4.90 Å². The number of aromatic nitrogens is 4. The Labute approximate surface area is 207 Å². The zero-order valence-electron chi connectivity index (χ0n) is 20.0. The van der Waals surface area contributed by atoms with Crippen molar-refractivity contribution in [1.82, 2.24) is 18.7 Å². The number of allylic oxidation sites excluding steroid dienone is 1. The van der Waals surface area contributed by atoms with Crippen LogP contribution >= 0.6 is 0 Å². The van der Waals surface area contributed by atoms with Crippen molar-refractivity contribution in [3.8, 4) is 11.8 Å². The molecule has 0 bridgehead atoms. The lowest BCUT2D eigenvalue weighted by molar-refractivity contribution is 0.377. The van der Waals surface area contributed by atoms with Gasteiger partial charge in [0.15, 0.2) is 34.4 Å². The molecular formula is C24H23F5N6O2. The minimum Gasteiger partial charge on any atom is -0.341 e. The zero-order valence-corrected chi connectivity index (χ0v) is 20.0. The Hall–Kier alpha value is -3.92. The molecule has 0 radical (unpaired) electrons. The summed E-state index contributed by atoms with van der Waals surface area (Å²) in [5, 5.41) is 0. The summed E-state index contributed by atoms with van der Waals surface area (Å²) in [4.78, 5) is 32.8. The summed E-state index contributed by atoms with van der Waals surface area (Å²) < 4.78 is 71.8. The number of aryl methyl sites for hydroxylation is 1. The number of benzene rings is 1. The van der Waals surface area contributed by atoms with Crippen LogP contribution in [-0.4, -0.2) is 37.8 Å². The van der Waals surface area contributed by atoms with Gasteiger partial charge in [-0.3, -0.25) is 18.5 Å². The molecule has 0 aliphatic carbocycles. The molecule has 1 aromatic carbocycles. The molecule has 1 atom stereocenters. The molecule has 1 aliphatic heterocycles. The van der Waals surface area contributed by atoms with Crippen molar-refractivity contribution in [1.29, 1.82) is 0 Å². The van der Waals surface area contributed by atoms with Crippen LogP contribution in [0.2, 0.25) is 0 Å². The van der Waals surface area contributed by atoms with E-state index in [0.717, 1.165) is 28.1 Å². The van der Waals surface area contributed by atoms with Crippen molar-refractivity contribution < 1.29 is 22.0 Å². The molecule has 8 nitrogen and oxygen atoms in total. The standard InChI is InChI=1S/C24H23F5N6O2/c1-3-4-10-34-20-21(31-23(34)33-9-5-7-13(30)12-33)32(2)24(37)35(22(20)36)11-6-8-14-15(25)17(27)19(29)18(28)16(14)26/h6,8,13H,5,7,9-12,30H2,1-2H3/t13-/m1/s1. The number of hydrogen-bond donors (Lipinski definition) is 1. The second-order valence-electron chi connectivity index (χ2n) is 8.59. The Balaban J connectivity index is 1.83. The lowest BCUT2D eigenvalue weighted by Gasteiger charge is -2.31. The minimum absolute atomic E-state index is 0.0728. The van der Waals surface area contributed by atoms with Crippen LogP contribution in [0.4, 0.5) is 27.9 Å². The van der Waals surface area contributed by atoms with Crippen LogP contribution < -0.4 is 21.9 Å². The number of rotatable bonds is 5. The maximum absolute atomic E-state index is 14.0. The first-order valence-corrected chi connectivity index (χ1v) is 11.4. The highest BCUT2D eigenvalue weighted by atomic mass is 19.2. The molecule has 4 rings (SSSR count). The molecule has 196 valence electrons. The highest BCUT2D eigenvalue weighted by molar-refractivity contribution is 5.75. The van der Waals surface area contributed by atoms with Gasteiger partial charge >= 0.3 is 5.69 Å². The van der Waals surface area contributed by atoms with E-state index in [0.29, 0.717) is 25.1 Å². The average Bonchev–Trinajstić information content (AvgIpc) is 3.27. The monoisotopic (exact) mass is 522 g/mol. The Morgan fingerprint density at radius 1 is 1.05 bits per heavy atom. The molecule has 0 unspecified atom stereocenters. The Morgan fingerprint density at radius 3 is 2.32 bits per heavy atom. The van der Waals surface area contributed by atoms with Crippen molar-refractivity contribution in [2.24, 2.45) is 12.8 Å². The first kappa shape index (κ1) is 26.2. The first-order chi connectivity index (χ1) is 17.6. The van der Waals surface area contributed by atoms with E-state index in [-0.39, 0.29) is 23.8 Å². The van der Waals surface area contributed by atoms with Crippen molar-refractivity contribution in [3.05, 3.63) is 61.6 Å². The van der Waals surface area contributed by atoms with Crippen LogP contribution in [0.1, 0.15) is 25.3 Å². The maximum atomic E-state index is 14.0. The summed E-state index contributed by atoms with van der Waals surface area (Å²) in [6.07, 6.45) is 3.25. The molecule has 3 aromatic rings. The SMILES string of the molecule is CC#CCn1c(N2CCC[C@@H](N)C2)nc2c1c(=O)n(CC=Cc1c(F)c(F)c(F)c(F)c1F)c(=O)n2C. The van der Waals surface area contributed by atoms with Crippen LogP contribution in [0.25, 0.3) is 17.2 Å². The van der Waals surface area contributed by atoms with E-state index in [1.54, 1.807) is 11.5 Å². The number of nitrogens with two attached hydrogens (primary N) is 1. The summed E-state index contributed by atoms with van der Waals surface area (Å²) in [6, 6.07) is -0.0909. The number of piperidine rings is 1. The van der Waals surface area contributed by atoms with Gasteiger partial charge in [-0.25, -0.2) is 26.7 Å². The third kappa shape index (κ3) is 4.53. The quantitative estimate of drug-likeness (QED) is 0.240. The van der Waals surface area contributed by atoms with E-state index in [9.17, 15) is 31.5 Å². The summed E-state index contributed by atoms with van der Waals surface area (Å²) in [6.45, 7) is 2.37. The number of imidazole rings is 1. The smallest absolute Gasteiger partial charge is 0.332 e. The Bertz CT molecular complexity index is 1560. The van der Waals surface area contributed by atoms with Gasteiger partial charge in [0.2, 0.25) is 11.8 Å². The molecule has 0 amide bonds. The molecule has 13 heteroatoms. The maximum Gasteiger partial charge on any atom is 0.332 e. The first-order valence-electron chi connectivity index (χ1n) is 11.4. The number of hydrogen-bond acceptors (Lipinski definition) is 5. The van der Waals surface area contributed by atoms with Crippen molar-refractivity contribution in [3.63, 3.8) is 0 Å². The second-order valence-corrected chi connectivity index (χ2v) is 8.59. The molecule has 2 N–H and O–H groups in total. The van der Waals surface area contributed by atoms with Gasteiger partial charge in [-0.2, -0.15) is 4.98 Å². The molecule has 37 heavy (non-hydrogen) atoms. The fourth-order valence-electron chi connectivity index (χ4n) is 4.31. The largest absolute Gasteiger partial charge is 0.341 e. The van der Waals surface area contributed by atoms with E-state index >= 15 is 0 Å². The average molecular weight is 522 g/mol. The minimum atomic E-state index is -2.28. The van der Waals surface area contributed by atoms with E-state index in [2.05, 4.69) is 16.8 Å². The van der Waals surface area contributed by atoms with Crippen LogP contribution in [0.15, 0.2) is 15.7 Å². The fraction of sp³-hybridized carbons (Fsp3) is 0.375. The third-order valence-electron chi connectivity index (χ3n) is 6.18. The highest BCUT2D eigenvalue weighted by Crippen LogP contribution is 2.25. The summed E-state index contributed by atoms with van der Waals surface area (Å²) in [7, 11) is 1.41. The highest BCUT2D eigenvalue weighted by Gasteiger charge is 2.27. The third-order valence-corrected chi connectivity index (χ3v) is 6.18. The van der Waals surface area contributed by atoms with Crippen LogP contribution in [0.3, 0.4) is 0 Å². The van der Waals surface area contributed by atoms with E-state index < -0.39 is 52.4 Å². The number of fused-ring (bicyclic) bond motifs is 1. The summed E-state index contributed by atoms with van der Waals surface area (Å²) in [5.41, 5.74) is 3.57. The number of nitrogens with zero attached hydrogens (tertiary/aromatic N) is 5. The molecule has 1 aliphatic rings. The second kappa shape index (κ2) is 10.2. The molecule has 0 spiro atoms. The predicted molar refractivity (Wildman–Crippen MR) is 127 cm³/mol. The number of halogens is 5. The Morgan fingerprint density at radius 2 is 1.70 bits per heavy atom. The topological polar surface area (TPSA) is 91.1 Å². The van der Waals surface area contributed by atoms with Gasteiger partial charge < -0.3 is 10.6 Å². The number of anilines is 1. The van der Waals surface area contributed by atoms with Crippen LogP contribution in [-0.2, 0) is 20.1 Å². The zero-order chi connectivity index (χ0) is 27.0. The molecule has 2 aromatic heterocycles. The molecule has 0 saturated carbocycles. The van der Waals surface area contributed by atoms with Gasteiger partial charge in [0.05, 0.1) is 12.1 Å². The van der Waals surface area contributed by atoms with Gasteiger partial charge in [0, 0.05) is 32.7 Å². The van der Waals surface area contributed by atoms with Gasteiger partial charge in [-0.15, -0.1) is 5.92 Å². The van der Waals surface area contributed by atoms with Crippen LogP contribution in [0, 0.1) is 40.9 Å². The van der Waals surface area contributed by atoms with Gasteiger partial charge in [0.25, 0.3) is 5.56 Å². The van der Waals surface area contributed by atoms with E-state index in [1.165, 1.54) is 7.05 Å². The molecular weight excluding hydrogens is 499 g/mol. The normalized spacial score (nSPS) is 16.0. The molecule has 1 fully saturated rings. The fourth-order valence-corrected chi connectivity index (χ4v) is 4.31. The lowest BCUT2D eigenvalue weighted by Crippen LogP contribution is -2.44. The van der Waals surface area contributed by atoms with Crippen molar-refractivity contribution >= 4 is 23.2 Å². The van der Waals surface area contributed by atoms with Crippen molar-refractivity contribution in [2.45, 2.75) is 38.9 Å². The molecule has 1 saturated heterocycles. The molecule has 3 heterocycles. The van der Waals surface area contributed by atoms with Gasteiger partial charge in [-0.05, 0) is 19.8 Å². The van der Waals surface area contributed by atoms with Crippen LogP contribution in [0.5, 0.6) is 0 Å². The predicted octanol–water partition coefficient (Wildman–Crippen LogP) is 2.26. The van der Waals surface area contributed by atoms with Gasteiger partial charge in [0.1, 0.15) is 0 Å².